The zero-order valence-corrected chi connectivity index (χ0v) is 18.0. The Morgan fingerprint density at radius 3 is 2.55 bits per heavy atom. The van der Waals surface area contributed by atoms with Crippen LogP contribution in [-0.4, -0.2) is 65.0 Å². The molecule has 1 aliphatic rings. The van der Waals surface area contributed by atoms with Crippen molar-refractivity contribution in [1.82, 2.24) is 10.2 Å². The van der Waals surface area contributed by atoms with E-state index < -0.39 is 12.0 Å². The lowest BCUT2D eigenvalue weighted by Crippen LogP contribution is -2.49. The van der Waals surface area contributed by atoms with Gasteiger partial charge in [-0.3, -0.25) is 14.4 Å². The number of thioether (sulfide) groups is 1. The van der Waals surface area contributed by atoms with Crippen LogP contribution in [0.5, 0.6) is 5.75 Å². The second kappa shape index (κ2) is 11.1. The number of hydrogen-bond acceptors (Lipinski definition) is 5. The Bertz CT molecular complexity index is 708. The quantitative estimate of drug-likeness (QED) is 0.602. The lowest BCUT2D eigenvalue weighted by Gasteiger charge is -2.27. The van der Waals surface area contributed by atoms with E-state index >= 15 is 0 Å². The molecule has 2 rings (SSSR count). The van der Waals surface area contributed by atoms with E-state index in [1.807, 2.05) is 0 Å². The summed E-state index contributed by atoms with van der Waals surface area (Å²) in [6, 6.07) is 6.26. The first kappa shape index (κ1) is 23.1. The van der Waals surface area contributed by atoms with Crippen LogP contribution >= 0.6 is 11.8 Å². The van der Waals surface area contributed by atoms with Gasteiger partial charge in [0, 0.05) is 23.9 Å². The van der Waals surface area contributed by atoms with E-state index in [9.17, 15) is 14.4 Å². The number of methoxy groups -OCH3 is 1. The number of nitrogens with one attached hydrogen (secondary N) is 1. The van der Waals surface area contributed by atoms with Crippen LogP contribution in [0.1, 0.15) is 43.5 Å². The van der Waals surface area contributed by atoms with Gasteiger partial charge in [-0.15, -0.1) is 11.8 Å². The van der Waals surface area contributed by atoms with Gasteiger partial charge in [-0.1, -0.05) is 13.8 Å². The number of nitrogens with zero attached hydrogens (tertiary/aromatic N) is 1. The maximum Gasteiger partial charge on any atom is 0.313 e. The number of ether oxygens (including phenoxy) is 1. The highest BCUT2D eigenvalue weighted by atomic mass is 32.2. The molecule has 7 nitrogen and oxygen atoms in total. The van der Waals surface area contributed by atoms with Gasteiger partial charge in [0.1, 0.15) is 11.8 Å². The van der Waals surface area contributed by atoms with Crippen molar-refractivity contribution in [2.45, 2.75) is 45.2 Å². The van der Waals surface area contributed by atoms with Crippen LogP contribution in [0, 0.1) is 5.92 Å². The molecule has 1 heterocycles. The number of amides is 2. The number of aliphatic carboxylic acids is 1. The molecule has 1 aromatic carbocycles. The minimum Gasteiger partial charge on any atom is -0.497 e. The molecule has 1 saturated heterocycles. The Labute approximate surface area is 176 Å². The Hall–Kier alpha value is -2.22. The Morgan fingerprint density at radius 1 is 1.28 bits per heavy atom. The lowest BCUT2D eigenvalue weighted by atomic mass is 10.0. The van der Waals surface area contributed by atoms with Gasteiger partial charge in [-0.2, -0.15) is 0 Å². The number of rotatable bonds is 10. The SMILES string of the molecule is COc1ccc(C(=O)N2CCCC2C(=O)NC(CSCC(=O)O)CC(C)C)cc1. The average molecular weight is 423 g/mol. The van der Waals surface area contributed by atoms with E-state index in [-0.39, 0.29) is 23.6 Å². The average Bonchev–Trinajstić information content (AvgIpc) is 3.16. The molecular weight excluding hydrogens is 392 g/mol. The number of likely N-dealkylation sites (tertiary alicyclic amines) is 1. The van der Waals surface area contributed by atoms with E-state index in [2.05, 4.69) is 19.2 Å². The number of hydrogen-bond donors (Lipinski definition) is 2. The molecule has 1 aromatic rings. The van der Waals surface area contributed by atoms with Crippen LogP contribution in [0.15, 0.2) is 24.3 Å². The fraction of sp³-hybridized carbons (Fsp3) is 0.571. The van der Waals surface area contributed by atoms with Gasteiger partial charge < -0.3 is 20.1 Å². The molecular formula is C21H30N2O5S. The molecule has 29 heavy (non-hydrogen) atoms. The molecule has 2 unspecified atom stereocenters. The van der Waals surface area contributed by atoms with Crippen molar-refractivity contribution in [1.29, 1.82) is 0 Å². The van der Waals surface area contributed by atoms with Crippen molar-refractivity contribution in [3.05, 3.63) is 29.8 Å². The monoisotopic (exact) mass is 422 g/mol. The molecule has 2 N–H and O–H groups in total. The van der Waals surface area contributed by atoms with Gasteiger partial charge in [0.15, 0.2) is 0 Å². The van der Waals surface area contributed by atoms with E-state index in [0.717, 1.165) is 12.8 Å². The zero-order chi connectivity index (χ0) is 21.4. The molecule has 0 spiro atoms. The van der Waals surface area contributed by atoms with Gasteiger partial charge in [0.2, 0.25) is 5.91 Å². The van der Waals surface area contributed by atoms with Crippen LogP contribution in [-0.2, 0) is 9.59 Å². The van der Waals surface area contributed by atoms with Gasteiger partial charge in [-0.05, 0) is 49.4 Å². The van der Waals surface area contributed by atoms with Crippen LogP contribution in [0.25, 0.3) is 0 Å². The smallest absolute Gasteiger partial charge is 0.313 e. The van der Waals surface area contributed by atoms with Gasteiger partial charge in [0.05, 0.1) is 12.9 Å². The summed E-state index contributed by atoms with van der Waals surface area (Å²) >= 11 is 1.30. The minimum absolute atomic E-state index is 0.00990. The third-order valence-electron chi connectivity index (χ3n) is 4.80. The summed E-state index contributed by atoms with van der Waals surface area (Å²) < 4.78 is 5.13. The molecule has 1 fully saturated rings. The third-order valence-corrected chi connectivity index (χ3v) is 5.89. The molecule has 1 aliphatic heterocycles. The number of carboxylic acid groups (broad SMARTS) is 1. The van der Waals surface area contributed by atoms with Gasteiger partial charge >= 0.3 is 5.97 Å². The second-order valence-electron chi connectivity index (χ2n) is 7.63. The summed E-state index contributed by atoms with van der Waals surface area (Å²) in [5.41, 5.74) is 0.529. The third kappa shape index (κ3) is 6.96. The first-order valence-electron chi connectivity index (χ1n) is 9.86. The molecule has 160 valence electrons. The van der Waals surface area contributed by atoms with Crippen molar-refractivity contribution < 1.29 is 24.2 Å². The maximum absolute atomic E-state index is 12.9. The summed E-state index contributed by atoms with van der Waals surface area (Å²) in [6.07, 6.45) is 2.17. The number of carboxylic acids is 1. The van der Waals surface area contributed by atoms with Crippen LogP contribution in [0.4, 0.5) is 0 Å². The number of carbonyl (C=O) groups excluding carboxylic acids is 2. The molecule has 2 atom stereocenters. The van der Waals surface area contributed by atoms with Crippen molar-refractivity contribution >= 4 is 29.5 Å². The van der Waals surface area contributed by atoms with Crippen LogP contribution in [0.3, 0.4) is 0 Å². The molecule has 2 amide bonds. The summed E-state index contributed by atoms with van der Waals surface area (Å²) in [5.74, 6) is 0.401. The van der Waals surface area contributed by atoms with E-state index in [0.29, 0.717) is 35.9 Å². The summed E-state index contributed by atoms with van der Waals surface area (Å²) in [4.78, 5) is 38.2. The van der Waals surface area contributed by atoms with Crippen molar-refractivity contribution in [2.75, 3.05) is 25.2 Å². The zero-order valence-electron chi connectivity index (χ0n) is 17.2. The van der Waals surface area contributed by atoms with Gasteiger partial charge in [0.25, 0.3) is 5.91 Å². The predicted molar refractivity (Wildman–Crippen MR) is 113 cm³/mol. The number of benzene rings is 1. The summed E-state index contributed by atoms with van der Waals surface area (Å²) in [5, 5.41) is 11.9. The van der Waals surface area contributed by atoms with Crippen LogP contribution in [0.2, 0.25) is 0 Å². The lowest BCUT2D eigenvalue weighted by molar-refractivity contribution is -0.134. The molecule has 0 radical (unpaired) electrons. The second-order valence-corrected chi connectivity index (χ2v) is 8.66. The van der Waals surface area contributed by atoms with Crippen LogP contribution < -0.4 is 10.1 Å². The first-order chi connectivity index (χ1) is 13.8. The van der Waals surface area contributed by atoms with Crippen molar-refractivity contribution in [3.63, 3.8) is 0 Å². The fourth-order valence-electron chi connectivity index (χ4n) is 3.51. The highest BCUT2D eigenvalue weighted by Crippen LogP contribution is 2.22. The molecule has 0 aromatic heterocycles. The van der Waals surface area contributed by atoms with E-state index in [1.54, 1.807) is 36.3 Å². The molecule has 0 saturated carbocycles. The minimum atomic E-state index is -0.864. The van der Waals surface area contributed by atoms with Crippen molar-refractivity contribution in [3.8, 4) is 5.75 Å². The molecule has 0 bridgehead atoms. The largest absolute Gasteiger partial charge is 0.497 e. The summed E-state index contributed by atoms with van der Waals surface area (Å²) in [7, 11) is 1.57. The standard InChI is InChI=1S/C21H30N2O5S/c1-14(2)11-16(12-29-13-19(24)25)22-20(26)18-5-4-10-23(18)21(27)15-6-8-17(28-3)9-7-15/h6-9,14,16,18H,4-5,10-13H2,1-3H3,(H,22,26)(H,24,25). The van der Waals surface area contributed by atoms with E-state index in [4.69, 9.17) is 9.84 Å². The fourth-order valence-corrected chi connectivity index (χ4v) is 4.30. The normalized spacial score (nSPS) is 17.2. The van der Waals surface area contributed by atoms with E-state index in [1.165, 1.54) is 11.8 Å². The predicted octanol–water partition coefficient (Wildman–Crippen LogP) is 2.65. The molecule has 8 heteroatoms. The Balaban J connectivity index is 2.02. The molecule has 0 aliphatic carbocycles. The Kier molecular flexibility index (Phi) is 8.82. The highest BCUT2D eigenvalue weighted by Gasteiger charge is 2.35. The summed E-state index contributed by atoms with van der Waals surface area (Å²) in [6.45, 7) is 4.68. The topological polar surface area (TPSA) is 95.9 Å². The highest BCUT2D eigenvalue weighted by molar-refractivity contribution is 7.99. The number of carbonyl (C=O) groups is 3. The maximum atomic E-state index is 12.9. The Morgan fingerprint density at radius 2 is 1.97 bits per heavy atom. The first-order valence-corrected chi connectivity index (χ1v) is 11.0. The van der Waals surface area contributed by atoms with Gasteiger partial charge in [-0.25, -0.2) is 0 Å². The van der Waals surface area contributed by atoms with Crippen molar-refractivity contribution in [2.24, 2.45) is 5.92 Å².